The van der Waals surface area contributed by atoms with Crippen LogP contribution in [-0.4, -0.2) is 54.0 Å². The van der Waals surface area contributed by atoms with Gasteiger partial charge in [-0.1, -0.05) is 25.4 Å². The molecule has 0 saturated carbocycles. The molecule has 2 N–H and O–H groups in total. The van der Waals surface area contributed by atoms with Gasteiger partial charge in [0.15, 0.2) is 6.10 Å². The highest BCUT2D eigenvalue weighted by Crippen LogP contribution is 2.13. The monoisotopic (exact) mass is 409 g/mol. The SMILES string of the molecule is CC(C)C[C@@H](NC(=O)c1ccc(Cl)cc1)C(=O)O[C@H](C)C(=O)N1CCNC1=O. The molecule has 1 fully saturated rings. The molecule has 1 aliphatic heterocycles. The first kappa shape index (κ1) is 21.7. The number of nitrogens with one attached hydrogen (secondary N) is 2. The van der Waals surface area contributed by atoms with Crippen molar-refractivity contribution < 1.29 is 23.9 Å². The second kappa shape index (κ2) is 9.54. The van der Waals surface area contributed by atoms with E-state index in [1.807, 2.05) is 13.8 Å². The van der Waals surface area contributed by atoms with Crippen LogP contribution in [0, 0.1) is 5.92 Å². The van der Waals surface area contributed by atoms with Crippen molar-refractivity contribution >= 4 is 35.4 Å². The van der Waals surface area contributed by atoms with E-state index in [4.69, 9.17) is 16.3 Å². The van der Waals surface area contributed by atoms with Gasteiger partial charge in [0.2, 0.25) is 0 Å². The molecule has 0 radical (unpaired) electrons. The number of imide groups is 1. The summed E-state index contributed by atoms with van der Waals surface area (Å²) in [6.45, 7) is 5.79. The first-order valence-electron chi connectivity index (χ1n) is 9.05. The molecule has 1 aromatic carbocycles. The number of esters is 1. The van der Waals surface area contributed by atoms with Crippen LogP contribution in [-0.2, 0) is 14.3 Å². The highest BCUT2D eigenvalue weighted by atomic mass is 35.5. The minimum absolute atomic E-state index is 0.0958. The summed E-state index contributed by atoms with van der Waals surface area (Å²) in [4.78, 5) is 49.9. The van der Waals surface area contributed by atoms with Crippen molar-refractivity contribution in [3.63, 3.8) is 0 Å². The van der Waals surface area contributed by atoms with Crippen LogP contribution in [0.3, 0.4) is 0 Å². The summed E-state index contributed by atoms with van der Waals surface area (Å²) in [6.07, 6.45) is -0.804. The topological polar surface area (TPSA) is 105 Å². The van der Waals surface area contributed by atoms with E-state index < -0.39 is 36.0 Å². The number of halogens is 1. The average molecular weight is 410 g/mol. The summed E-state index contributed by atoms with van der Waals surface area (Å²) in [5.41, 5.74) is 0.351. The molecule has 0 aromatic heterocycles. The predicted octanol–water partition coefficient (Wildman–Crippen LogP) is 1.97. The number of ether oxygens (including phenoxy) is 1. The summed E-state index contributed by atoms with van der Waals surface area (Å²) in [6, 6.07) is 4.82. The Hall–Kier alpha value is -2.61. The smallest absolute Gasteiger partial charge is 0.329 e. The Balaban J connectivity index is 2.03. The number of hydrogen-bond acceptors (Lipinski definition) is 5. The van der Waals surface area contributed by atoms with E-state index in [-0.39, 0.29) is 12.5 Å². The van der Waals surface area contributed by atoms with Crippen molar-refractivity contribution in [1.29, 1.82) is 0 Å². The number of benzene rings is 1. The number of carbonyl (C=O) groups is 4. The lowest BCUT2D eigenvalue weighted by Crippen LogP contribution is -2.47. The van der Waals surface area contributed by atoms with Crippen LogP contribution in [0.4, 0.5) is 4.79 Å². The molecule has 152 valence electrons. The summed E-state index contributed by atoms with van der Waals surface area (Å²) in [5, 5.41) is 5.65. The average Bonchev–Trinajstić information content (AvgIpc) is 3.06. The van der Waals surface area contributed by atoms with E-state index in [0.717, 1.165) is 4.90 Å². The zero-order valence-corrected chi connectivity index (χ0v) is 16.8. The highest BCUT2D eigenvalue weighted by molar-refractivity contribution is 6.30. The van der Waals surface area contributed by atoms with Gasteiger partial charge in [0.05, 0.1) is 0 Å². The van der Waals surface area contributed by atoms with E-state index in [2.05, 4.69) is 10.6 Å². The van der Waals surface area contributed by atoms with Crippen molar-refractivity contribution in [2.45, 2.75) is 39.3 Å². The fraction of sp³-hybridized carbons (Fsp3) is 0.474. The van der Waals surface area contributed by atoms with Gasteiger partial charge in [-0.3, -0.25) is 14.5 Å². The molecule has 1 aliphatic rings. The van der Waals surface area contributed by atoms with E-state index in [0.29, 0.717) is 23.6 Å². The molecule has 0 aliphatic carbocycles. The molecule has 4 amide bonds. The molecule has 1 heterocycles. The summed E-state index contributed by atoms with van der Waals surface area (Å²) >= 11 is 5.82. The van der Waals surface area contributed by atoms with Crippen LogP contribution in [0.1, 0.15) is 37.6 Å². The Bertz CT molecular complexity index is 750. The van der Waals surface area contributed by atoms with Crippen LogP contribution in [0.2, 0.25) is 5.02 Å². The third-order valence-corrected chi connectivity index (χ3v) is 4.42. The third kappa shape index (κ3) is 5.69. The maximum atomic E-state index is 12.6. The van der Waals surface area contributed by atoms with Crippen LogP contribution in [0.5, 0.6) is 0 Å². The van der Waals surface area contributed by atoms with Gasteiger partial charge < -0.3 is 15.4 Å². The van der Waals surface area contributed by atoms with Gasteiger partial charge in [0.1, 0.15) is 6.04 Å². The minimum Gasteiger partial charge on any atom is -0.451 e. The number of amides is 4. The van der Waals surface area contributed by atoms with Gasteiger partial charge in [-0.2, -0.15) is 0 Å². The van der Waals surface area contributed by atoms with Crippen molar-refractivity contribution in [3.05, 3.63) is 34.9 Å². The van der Waals surface area contributed by atoms with Crippen LogP contribution >= 0.6 is 11.6 Å². The lowest BCUT2D eigenvalue weighted by atomic mass is 10.0. The van der Waals surface area contributed by atoms with Crippen molar-refractivity contribution in [1.82, 2.24) is 15.5 Å². The maximum absolute atomic E-state index is 12.6. The van der Waals surface area contributed by atoms with Gasteiger partial charge in [0, 0.05) is 23.7 Å². The fourth-order valence-electron chi connectivity index (χ4n) is 2.74. The zero-order chi connectivity index (χ0) is 20.8. The fourth-order valence-corrected chi connectivity index (χ4v) is 2.86. The molecule has 2 rings (SSSR count). The Morgan fingerprint density at radius 2 is 1.86 bits per heavy atom. The summed E-state index contributed by atoms with van der Waals surface area (Å²) in [7, 11) is 0. The van der Waals surface area contributed by atoms with E-state index in [9.17, 15) is 19.2 Å². The molecule has 0 bridgehead atoms. The number of carbonyl (C=O) groups excluding carboxylic acids is 4. The zero-order valence-electron chi connectivity index (χ0n) is 16.0. The number of nitrogens with zero attached hydrogens (tertiary/aromatic N) is 1. The van der Waals surface area contributed by atoms with E-state index in [1.54, 1.807) is 24.3 Å². The molecule has 1 aromatic rings. The first-order chi connectivity index (χ1) is 13.2. The molecule has 28 heavy (non-hydrogen) atoms. The van der Waals surface area contributed by atoms with E-state index in [1.165, 1.54) is 6.92 Å². The molecule has 2 atom stereocenters. The van der Waals surface area contributed by atoms with Crippen LogP contribution in [0.25, 0.3) is 0 Å². The largest absolute Gasteiger partial charge is 0.451 e. The Labute approximate surface area is 168 Å². The number of rotatable bonds is 7. The van der Waals surface area contributed by atoms with Gasteiger partial charge >= 0.3 is 12.0 Å². The van der Waals surface area contributed by atoms with Gasteiger partial charge in [-0.25, -0.2) is 9.59 Å². The molecule has 8 nitrogen and oxygen atoms in total. The minimum atomic E-state index is -1.14. The van der Waals surface area contributed by atoms with Crippen molar-refractivity contribution in [2.24, 2.45) is 5.92 Å². The quantitative estimate of drug-likeness (QED) is 0.670. The third-order valence-electron chi connectivity index (χ3n) is 4.17. The van der Waals surface area contributed by atoms with Crippen molar-refractivity contribution in [3.8, 4) is 0 Å². The lowest BCUT2D eigenvalue weighted by molar-refractivity contribution is -0.159. The summed E-state index contributed by atoms with van der Waals surface area (Å²) in [5.74, 6) is -1.68. The van der Waals surface area contributed by atoms with Crippen LogP contribution < -0.4 is 10.6 Å². The molecular formula is C19H24ClN3O5. The normalized spacial score (nSPS) is 15.8. The maximum Gasteiger partial charge on any atom is 0.329 e. The second-order valence-electron chi connectivity index (χ2n) is 6.96. The Morgan fingerprint density at radius 1 is 1.21 bits per heavy atom. The second-order valence-corrected chi connectivity index (χ2v) is 7.40. The summed E-state index contributed by atoms with van der Waals surface area (Å²) < 4.78 is 5.25. The predicted molar refractivity (Wildman–Crippen MR) is 103 cm³/mol. The molecular weight excluding hydrogens is 386 g/mol. The molecule has 1 saturated heterocycles. The highest BCUT2D eigenvalue weighted by Gasteiger charge is 2.33. The van der Waals surface area contributed by atoms with Crippen molar-refractivity contribution in [2.75, 3.05) is 13.1 Å². The molecule has 9 heteroatoms. The van der Waals surface area contributed by atoms with Gasteiger partial charge in [0.25, 0.3) is 11.8 Å². The molecule has 0 spiro atoms. The lowest BCUT2D eigenvalue weighted by Gasteiger charge is -2.23. The Kier molecular flexibility index (Phi) is 7.39. The van der Waals surface area contributed by atoms with E-state index >= 15 is 0 Å². The van der Waals surface area contributed by atoms with Crippen LogP contribution in [0.15, 0.2) is 24.3 Å². The van der Waals surface area contributed by atoms with Gasteiger partial charge in [-0.05, 0) is 43.5 Å². The number of urea groups is 1. The van der Waals surface area contributed by atoms with Gasteiger partial charge in [-0.15, -0.1) is 0 Å². The Morgan fingerprint density at radius 3 is 2.39 bits per heavy atom. The molecule has 0 unspecified atom stereocenters. The first-order valence-corrected chi connectivity index (χ1v) is 9.43. The number of hydrogen-bond donors (Lipinski definition) is 2. The standard InChI is InChI=1S/C19H24ClN3O5/c1-11(2)10-15(22-16(24)13-4-6-14(20)7-5-13)18(26)28-12(3)17(25)23-9-8-21-19(23)27/h4-7,11-12,15H,8-10H2,1-3H3,(H,21,27)(H,22,24)/t12-,15-/m1/s1.